The predicted molar refractivity (Wildman–Crippen MR) is 121 cm³/mol. The van der Waals surface area contributed by atoms with Crippen LogP contribution in [0.2, 0.25) is 5.02 Å². The second-order valence-corrected chi connectivity index (χ2v) is 7.77. The zero-order chi connectivity index (χ0) is 23.4. The molecule has 3 aromatic carbocycles. The van der Waals surface area contributed by atoms with Crippen LogP contribution in [0, 0.1) is 0 Å². The molecule has 1 aliphatic rings. The molecule has 7 nitrogen and oxygen atoms in total. The minimum absolute atomic E-state index is 0.0767. The third-order valence-electron chi connectivity index (χ3n) is 5.05. The summed E-state index contributed by atoms with van der Waals surface area (Å²) in [5, 5.41) is 3.22. The van der Waals surface area contributed by atoms with Gasteiger partial charge in [0.25, 0.3) is 5.91 Å². The van der Waals surface area contributed by atoms with Crippen LogP contribution in [-0.2, 0) is 16.1 Å². The van der Waals surface area contributed by atoms with Crippen LogP contribution < -0.4 is 14.8 Å². The van der Waals surface area contributed by atoms with Gasteiger partial charge in [-0.05, 0) is 55.0 Å². The summed E-state index contributed by atoms with van der Waals surface area (Å²) in [7, 11) is 0. The molecule has 1 aliphatic heterocycles. The molecular formula is C25H20ClNO6. The summed E-state index contributed by atoms with van der Waals surface area (Å²) < 4.78 is 15.9. The number of carbonyl (C=O) groups excluding carboxylic acids is 3. The molecule has 0 saturated carbocycles. The Bertz CT molecular complexity index is 1210. The van der Waals surface area contributed by atoms with Crippen LogP contribution in [0.5, 0.6) is 11.5 Å². The van der Waals surface area contributed by atoms with Gasteiger partial charge < -0.3 is 19.5 Å². The van der Waals surface area contributed by atoms with Crippen LogP contribution in [0.15, 0.2) is 66.7 Å². The van der Waals surface area contributed by atoms with Crippen molar-refractivity contribution in [3.8, 4) is 11.5 Å². The van der Waals surface area contributed by atoms with E-state index in [4.69, 9.17) is 25.8 Å². The number of ketones is 1. The molecule has 8 heteroatoms. The lowest BCUT2D eigenvalue weighted by Crippen LogP contribution is -2.35. The largest absolute Gasteiger partial charge is 0.454 e. The van der Waals surface area contributed by atoms with Crippen LogP contribution in [0.3, 0.4) is 0 Å². The molecule has 0 aliphatic carbocycles. The topological polar surface area (TPSA) is 90.9 Å². The lowest BCUT2D eigenvalue weighted by atomic mass is 9.98. The maximum atomic E-state index is 12.9. The van der Waals surface area contributed by atoms with Gasteiger partial charge in [-0.25, -0.2) is 4.79 Å². The van der Waals surface area contributed by atoms with Crippen molar-refractivity contribution in [1.29, 1.82) is 0 Å². The van der Waals surface area contributed by atoms with Gasteiger partial charge in [-0.1, -0.05) is 35.9 Å². The van der Waals surface area contributed by atoms with Crippen LogP contribution in [0.4, 0.5) is 0 Å². The Morgan fingerprint density at radius 1 is 0.970 bits per heavy atom. The van der Waals surface area contributed by atoms with Gasteiger partial charge in [0.15, 0.2) is 23.4 Å². The SMILES string of the molecule is C[C@@H](OC(=O)c1ccccc1C(=O)c1ccc(Cl)cc1)C(=O)NCc1ccc2c(c1)OCO2. The fourth-order valence-electron chi connectivity index (χ4n) is 3.28. The van der Waals surface area contributed by atoms with Crippen molar-refractivity contribution in [3.63, 3.8) is 0 Å². The molecule has 0 radical (unpaired) electrons. The van der Waals surface area contributed by atoms with Crippen molar-refractivity contribution >= 4 is 29.3 Å². The van der Waals surface area contributed by atoms with E-state index in [1.54, 1.807) is 48.5 Å². The molecule has 0 spiro atoms. The first-order chi connectivity index (χ1) is 15.9. The van der Waals surface area contributed by atoms with Gasteiger partial charge in [-0.15, -0.1) is 0 Å². The molecule has 3 aromatic rings. The third kappa shape index (κ3) is 5.15. The average Bonchev–Trinajstić information content (AvgIpc) is 3.30. The molecule has 0 bridgehead atoms. The highest BCUT2D eigenvalue weighted by molar-refractivity contribution is 6.30. The van der Waals surface area contributed by atoms with Crippen LogP contribution in [0.1, 0.15) is 38.8 Å². The second-order valence-electron chi connectivity index (χ2n) is 7.33. The molecule has 1 amide bonds. The van der Waals surface area contributed by atoms with Gasteiger partial charge >= 0.3 is 5.97 Å². The first-order valence-electron chi connectivity index (χ1n) is 10.2. The standard InChI is InChI=1S/C25H20ClNO6/c1-15(24(29)27-13-16-6-11-21-22(12-16)32-14-31-21)33-25(30)20-5-3-2-4-19(20)23(28)17-7-9-18(26)10-8-17/h2-12,15H,13-14H2,1H3,(H,27,29)/t15-/m1/s1. The summed E-state index contributed by atoms with van der Waals surface area (Å²) in [5.74, 6) is -0.317. The predicted octanol–water partition coefficient (Wildman–Crippen LogP) is 4.16. The van der Waals surface area contributed by atoms with Crippen molar-refractivity contribution in [1.82, 2.24) is 5.32 Å². The summed E-state index contributed by atoms with van der Waals surface area (Å²) in [4.78, 5) is 38.1. The summed E-state index contributed by atoms with van der Waals surface area (Å²) in [6.07, 6.45) is -1.06. The highest BCUT2D eigenvalue weighted by Crippen LogP contribution is 2.32. The average molecular weight is 466 g/mol. The van der Waals surface area contributed by atoms with E-state index in [1.807, 2.05) is 6.07 Å². The molecule has 0 fully saturated rings. The minimum Gasteiger partial charge on any atom is -0.454 e. The van der Waals surface area contributed by atoms with E-state index in [2.05, 4.69) is 5.32 Å². The normalized spacial score (nSPS) is 12.7. The second kappa shape index (κ2) is 9.75. The number of esters is 1. The monoisotopic (exact) mass is 465 g/mol. The molecule has 1 atom stereocenters. The smallest absolute Gasteiger partial charge is 0.339 e. The summed E-state index contributed by atoms with van der Waals surface area (Å²) in [5.41, 5.74) is 1.45. The molecular weight excluding hydrogens is 446 g/mol. The van der Waals surface area contributed by atoms with Gasteiger partial charge in [0.2, 0.25) is 6.79 Å². The number of benzene rings is 3. The molecule has 0 saturated heterocycles. The molecule has 1 N–H and O–H groups in total. The highest BCUT2D eigenvalue weighted by Gasteiger charge is 2.23. The van der Waals surface area contributed by atoms with E-state index in [0.29, 0.717) is 22.1 Å². The fourth-order valence-corrected chi connectivity index (χ4v) is 3.40. The Hall–Kier alpha value is -3.84. The van der Waals surface area contributed by atoms with E-state index in [-0.39, 0.29) is 30.2 Å². The van der Waals surface area contributed by atoms with Crippen molar-refractivity contribution in [2.75, 3.05) is 6.79 Å². The van der Waals surface area contributed by atoms with Crippen molar-refractivity contribution in [2.24, 2.45) is 0 Å². The Labute approximate surface area is 195 Å². The number of nitrogens with one attached hydrogen (secondary N) is 1. The summed E-state index contributed by atoms with van der Waals surface area (Å²) in [6, 6.07) is 18.0. The minimum atomic E-state index is -1.06. The highest BCUT2D eigenvalue weighted by atomic mass is 35.5. The van der Waals surface area contributed by atoms with E-state index in [9.17, 15) is 14.4 Å². The fraction of sp³-hybridized carbons (Fsp3) is 0.160. The Morgan fingerprint density at radius 3 is 2.42 bits per heavy atom. The number of amides is 1. The Balaban J connectivity index is 1.40. The summed E-state index contributed by atoms with van der Waals surface area (Å²) in [6.45, 7) is 1.86. The van der Waals surface area contributed by atoms with Gasteiger partial charge in [0, 0.05) is 22.7 Å². The number of hydrogen-bond acceptors (Lipinski definition) is 6. The molecule has 0 unspecified atom stereocenters. The molecule has 1 heterocycles. The lowest BCUT2D eigenvalue weighted by molar-refractivity contribution is -0.129. The van der Waals surface area contributed by atoms with E-state index in [1.165, 1.54) is 19.1 Å². The number of halogens is 1. The number of rotatable bonds is 7. The molecule has 168 valence electrons. The van der Waals surface area contributed by atoms with Crippen molar-refractivity contribution < 1.29 is 28.6 Å². The number of ether oxygens (including phenoxy) is 3. The van der Waals surface area contributed by atoms with E-state index < -0.39 is 18.0 Å². The molecule has 33 heavy (non-hydrogen) atoms. The summed E-state index contributed by atoms with van der Waals surface area (Å²) >= 11 is 5.89. The maximum Gasteiger partial charge on any atom is 0.339 e. The van der Waals surface area contributed by atoms with Crippen molar-refractivity contribution in [3.05, 3.63) is 94.0 Å². The Kier molecular flexibility index (Phi) is 6.60. The van der Waals surface area contributed by atoms with Gasteiger partial charge in [0.05, 0.1) is 5.56 Å². The lowest BCUT2D eigenvalue weighted by Gasteiger charge is -2.15. The van der Waals surface area contributed by atoms with Gasteiger partial charge in [0.1, 0.15) is 0 Å². The van der Waals surface area contributed by atoms with Gasteiger partial charge in [-0.2, -0.15) is 0 Å². The van der Waals surface area contributed by atoms with Gasteiger partial charge in [-0.3, -0.25) is 9.59 Å². The quantitative estimate of drug-likeness (QED) is 0.416. The van der Waals surface area contributed by atoms with Crippen LogP contribution >= 0.6 is 11.6 Å². The van der Waals surface area contributed by atoms with Crippen molar-refractivity contribution in [2.45, 2.75) is 19.6 Å². The zero-order valence-electron chi connectivity index (χ0n) is 17.7. The van der Waals surface area contributed by atoms with Crippen LogP contribution in [-0.4, -0.2) is 30.6 Å². The number of fused-ring (bicyclic) bond motifs is 1. The first-order valence-corrected chi connectivity index (χ1v) is 10.6. The van der Waals surface area contributed by atoms with E-state index >= 15 is 0 Å². The Morgan fingerprint density at radius 2 is 1.67 bits per heavy atom. The molecule has 0 aromatic heterocycles. The van der Waals surface area contributed by atoms with Crippen LogP contribution in [0.25, 0.3) is 0 Å². The number of hydrogen-bond donors (Lipinski definition) is 1. The molecule has 4 rings (SSSR count). The first kappa shape index (κ1) is 22.4. The van der Waals surface area contributed by atoms with E-state index in [0.717, 1.165) is 5.56 Å². The zero-order valence-corrected chi connectivity index (χ0v) is 18.4. The number of carbonyl (C=O) groups is 3. The maximum absolute atomic E-state index is 12.9. The third-order valence-corrected chi connectivity index (χ3v) is 5.31.